The van der Waals surface area contributed by atoms with Crippen LogP contribution in [0.2, 0.25) is 10.0 Å². The average molecular weight is 379 g/mol. The van der Waals surface area contributed by atoms with Crippen LogP contribution in [-0.4, -0.2) is 25.6 Å². The van der Waals surface area contributed by atoms with Crippen molar-refractivity contribution in [3.05, 3.63) is 52.0 Å². The lowest BCUT2D eigenvalue weighted by atomic mass is 10.2. The van der Waals surface area contributed by atoms with Gasteiger partial charge >= 0.3 is 0 Å². The zero-order valence-electron chi connectivity index (χ0n) is 14.0. The van der Waals surface area contributed by atoms with E-state index in [0.29, 0.717) is 15.8 Å². The van der Waals surface area contributed by atoms with E-state index in [-0.39, 0.29) is 12.5 Å². The van der Waals surface area contributed by atoms with E-state index in [1.54, 1.807) is 12.1 Å². The number of rotatable bonds is 5. The van der Waals surface area contributed by atoms with Gasteiger partial charge in [0.05, 0.1) is 5.02 Å². The number of hydrogen-bond donors (Lipinski definition) is 1. The summed E-state index contributed by atoms with van der Waals surface area (Å²) in [6.07, 6.45) is 2.48. The molecule has 1 fully saturated rings. The van der Waals surface area contributed by atoms with Crippen LogP contribution >= 0.6 is 23.2 Å². The van der Waals surface area contributed by atoms with E-state index in [1.165, 1.54) is 18.5 Å². The van der Waals surface area contributed by atoms with E-state index in [9.17, 15) is 4.79 Å². The number of nitrogens with one attached hydrogen (secondary N) is 1. The Morgan fingerprint density at radius 1 is 1.16 bits per heavy atom. The number of ether oxygens (including phenoxy) is 1. The standard InChI is InChI=1S/C19H20Cl2N2O2/c1-13-10-14(20)11-17(21)19(13)25-12-18(24)22-15-4-6-16(7-5-15)23-8-2-3-9-23/h4-7,10-11H,2-3,8-9,12H2,1H3,(H,22,24). The Morgan fingerprint density at radius 2 is 1.84 bits per heavy atom. The Morgan fingerprint density at radius 3 is 2.48 bits per heavy atom. The number of nitrogens with zero attached hydrogens (tertiary/aromatic N) is 1. The van der Waals surface area contributed by atoms with Crippen LogP contribution in [0.3, 0.4) is 0 Å². The fourth-order valence-corrected chi connectivity index (χ4v) is 3.59. The van der Waals surface area contributed by atoms with Gasteiger partial charge in [-0.05, 0) is 61.7 Å². The van der Waals surface area contributed by atoms with Gasteiger partial charge in [-0.15, -0.1) is 0 Å². The summed E-state index contributed by atoms with van der Waals surface area (Å²) in [5.74, 6) is 0.241. The van der Waals surface area contributed by atoms with E-state index in [2.05, 4.69) is 10.2 Å². The number of aryl methyl sites for hydroxylation is 1. The molecule has 0 aliphatic carbocycles. The third kappa shape index (κ3) is 4.59. The molecule has 1 aliphatic rings. The fourth-order valence-electron chi connectivity index (χ4n) is 2.94. The van der Waals surface area contributed by atoms with Gasteiger partial charge in [-0.2, -0.15) is 0 Å². The van der Waals surface area contributed by atoms with E-state index in [1.807, 2.05) is 31.2 Å². The third-order valence-corrected chi connectivity index (χ3v) is 4.66. The van der Waals surface area contributed by atoms with Gasteiger partial charge in [0.2, 0.25) is 0 Å². The van der Waals surface area contributed by atoms with Crippen LogP contribution in [0.1, 0.15) is 18.4 Å². The fraction of sp³-hybridized carbons (Fsp3) is 0.316. The maximum atomic E-state index is 12.1. The summed E-state index contributed by atoms with van der Waals surface area (Å²) in [6, 6.07) is 11.2. The van der Waals surface area contributed by atoms with Crippen molar-refractivity contribution in [2.45, 2.75) is 19.8 Å². The minimum absolute atomic E-state index is 0.115. The smallest absolute Gasteiger partial charge is 0.262 e. The van der Waals surface area contributed by atoms with Crippen LogP contribution in [-0.2, 0) is 4.79 Å². The summed E-state index contributed by atoms with van der Waals surface area (Å²) < 4.78 is 5.55. The van der Waals surface area contributed by atoms with E-state index >= 15 is 0 Å². The highest BCUT2D eigenvalue weighted by Gasteiger charge is 2.13. The normalized spacial score (nSPS) is 13.8. The monoisotopic (exact) mass is 378 g/mol. The van der Waals surface area contributed by atoms with Crippen LogP contribution in [0.25, 0.3) is 0 Å². The lowest BCUT2D eigenvalue weighted by Crippen LogP contribution is -2.21. The Hall–Kier alpha value is -1.91. The minimum Gasteiger partial charge on any atom is -0.482 e. The SMILES string of the molecule is Cc1cc(Cl)cc(Cl)c1OCC(=O)Nc1ccc(N2CCCC2)cc1. The Kier molecular flexibility index (Phi) is 5.71. The molecule has 4 nitrogen and oxygen atoms in total. The molecular weight excluding hydrogens is 359 g/mol. The molecule has 132 valence electrons. The van der Waals surface area contributed by atoms with E-state index in [4.69, 9.17) is 27.9 Å². The van der Waals surface area contributed by atoms with Crippen molar-refractivity contribution in [1.82, 2.24) is 0 Å². The summed E-state index contributed by atoms with van der Waals surface area (Å²) in [7, 11) is 0. The van der Waals surface area contributed by atoms with Gasteiger partial charge in [0.15, 0.2) is 6.61 Å². The van der Waals surface area contributed by atoms with Crippen LogP contribution in [0.5, 0.6) is 5.75 Å². The maximum absolute atomic E-state index is 12.1. The molecule has 0 spiro atoms. The molecule has 1 amide bonds. The Balaban J connectivity index is 1.56. The van der Waals surface area contributed by atoms with Crippen molar-refractivity contribution in [3.8, 4) is 5.75 Å². The average Bonchev–Trinajstić information content (AvgIpc) is 3.09. The zero-order valence-corrected chi connectivity index (χ0v) is 15.5. The lowest BCUT2D eigenvalue weighted by Gasteiger charge is -2.18. The van der Waals surface area contributed by atoms with Crippen molar-refractivity contribution in [3.63, 3.8) is 0 Å². The van der Waals surface area contributed by atoms with Crippen LogP contribution < -0.4 is 15.0 Å². The summed E-state index contributed by atoms with van der Waals surface area (Å²) in [4.78, 5) is 14.4. The largest absolute Gasteiger partial charge is 0.482 e. The summed E-state index contributed by atoms with van der Waals surface area (Å²) in [5, 5.41) is 3.76. The zero-order chi connectivity index (χ0) is 17.8. The molecule has 25 heavy (non-hydrogen) atoms. The minimum atomic E-state index is -0.237. The van der Waals surface area contributed by atoms with Crippen LogP contribution in [0, 0.1) is 6.92 Å². The highest BCUT2D eigenvalue weighted by atomic mass is 35.5. The van der Waals surface area contributed by atoms with Gasteiger partial charge in [0.25, 0.3) is 5.91 Å². The highest BCUT2D eigenvalue weighted by Crippen LogP contribution is 2.31. The molecule has 0 bridgehead atoms. The van der Waals surface area contributed by atoms with Gasteiger partial charge in [0.1, 0.15) is 5.75 Å². The molecule has 0 atom stereocenters. The molecule has 1 N–H and O–H groups in total. The van der Waals surface area contributed by atoms with Gasteiger partial charge in [-0.3, -0.25) is 4.79 Å². The number of amides is 1. The first-order valence-corrected chi connectivity index (χ1v) is 9.02. The lowest BCUT2D eigenvalue weighted by molar-refractivity contribution is -0.118. The second-order valence-electron chi connectivity index (χ2n) is 6.11. The molecule has 3 rings (SSSR count). The maximum Gasteiger partial charge on any atom is 0.262 e. The molecule has 0 unspecified atom stereocenters. The molecule has 2 aromatic rings. The number of carbonyl (C=O) groups excluding carboxylic acids is 1. The van der Waals surface area contributed by atoms with Crippen molar-refractivity contribution < 1.29 is 9.53 Å². The topological polar surface area (TPSA) is 41.6 Å². The van der Waals surface area contributed by atoms with Gasteiger partial charge in [0, 0.05) is 29.5 Å². The first-order chi connectivity index (χ1) is 12.0. The molecule has 0 radical (unpaired) electrons. The summed E-state index contributed by atoms with van der Waals surface area (Å²) in [5.41, 5.74) is 2.73. The first-order valence-electron chi connectivity index (χ1n) is 8.26. The number of carbonyl (C=O) groups is 1. The number of hydrogen-bond acceptors (Lipinski definition) is 3. The predicted octanol–water partition coefficient (Wildman–Crippen LogP) is 4.92. The first kappa shape index (κ1) is 17.9. The van der Waals surface area contributed by atoms with Crippen molar-refractivity contribution >= 4 is 40.5 Å². The molecule has 6 heteroatoms. The Labute approximate surface area is 157 Å². The van der Waals surface area contributed by atoms with Gasteiger partial charge < -0.3 is 15.0 Å². The van der Waals surface area contributed by atoms with Crippen molar-refractivity contribution in [2.75, 3.05) is 29.9 Å². The third-order valence-electron chi connectivity index (χ3n) is 4.16. The van der Waals surface area contributed by atoms with Crippen molar-refractivity contribution in [2.24, 2.45) is 0 Å². The number of benzene rings is 2. The Bertz CT molecular complexity index is 734. The molecular formula is C19H20Cl2N2O2. The molecule has 0 saturated carbocycles. The van der Waals surface area contributed by atoms with Gasteiger partial charge in [-0.25, -0.2) is 0 Å². The molecule has 0 aromatic heterocycles. The second kappa shape index (κ2) is 7.98. The quantitative estimate of drug-likeness (QED) is 0.802. The molecule has 1 saturated heterocycles. The summed E-state index contributed by atoms with van der Waals surface area (Å²) >= 11 is 12.0. The number of halogens is 2. The van der Waals surface area contributed by atoms with Crippen LogP contribution in [0.4, 0.5) is 11.4 Å². The van der Waals surface area contributed by atoms with E-state index in [0.717, 1.165) is 24.3 Å². The van der Waals surface area contributed by atoms with Crippen molar-refractivity contribution in [1.29, 1.82) is 0 Å². The van der Waals surface area contributed by atoms with Gasteiger partial charge in [-0.1, -0.05) is 23.2 Å². The van der Waals surface area contributed by atoms with Crippen LogP contribution in [0.15, 0.2) is 36.4 Å². The van der Waals surface area contributed by atoms with E-state index < -0.39 is 0 Å². The molecule has 1 heterocycles. The molecule has 1 aliphatic heterocycles. The number of anilines is 2. The predicted molar refractivity (Wildman–Crippen MR) is 103 cm³/mol. The highest BCUT2D eigenvalue weighted by molar-refractivity contribution is 6.35. The molecule has 2 aromatic carbocycles. The summed E-state index contributed by atoms with van der Waals surface area (Å²) in [6.45, 7) is 3.92. The second-order valence-corrected chi connectivity index (χ2v) is 6.96.